The minimum absolute atomic E-state index is 0.320. The molecule has 110 valence electrons. The van der Waals surface area contributed by atoms with Gasteiger partial charge in [0.05, 0.1) is 7.11 Å². The molecule has 1 aliphatic carbocycles. The summed E-state index contributed by atoms with van der Waals surface area (Å²) in [5, 5.41) is 4.42. The number of esters is 1. The van der Waals surface area contributed by atoms with E-state index in [1.54, 1.807) is 18.2 Å². The number of nitrogens with one attached hydrogen (secondary N) is 1. The first-order valence-corrected chi connectivity index (χ1v) is 7.66. The van der Waals surface area contributed by atoms with E-state index in [0.717, 1.165) is 12.8 Å². The molecule has 1 aromatic rings. The predicted molar refractivity (Wildman–Crippen MR) is 81.2 cm³/mol. The molecule has 1 aromatic carbocycles. The standard InChI is InChI=1S/C15H19Cl2NO2/c1-20-15(19)14(18-11-5-3-2-4-6-11)12-8-7-10(16)9-13(12)17/h7-9,11,14,18H,2-6H2,1H3. The summed E-state index contributed by atoms with van der Waals surface area (Å²) >= 11 is 12.1. The lowest BCUT2D eigenvalue weighted by Gasteiger charge is -2.27. The maximum Gasteiger partial charge on any atom is 0.327 e. The molecule has 1 N–H and O–H groups in total. The molecule has 0 bridgehead atoms. The van der Waals surface area contributed by atoms with Crippen LogP contribution < -0.4 is 5.32 Å². The van der Waals surface area contributed by atoms with Crippen LogP contribution in [0.4, 0.5) is 0 Å². The van der Waals surface area contributed by atoms with Gasteiger partial charge in [0.1, 0.15) is 6.04 Å². The van der Waals surface area contributed by atoms with Gasteiger partial charge in [-0.05, 0) is 30.5 Å². The number of carbonyl (C=O) groups is 1. The number of ether oxygens (including phenoxy) is 1. The van der Waals surface area contributed by atoms with Crippen molar-refractivity contribution in [3.8, 4) is 0 Å². The van der Waals surface area contributed by atoms with Gasteiger partial charge in [-0.15, -0.1) is 0 Å². The monoisotopic (exact) mass is 315 g/mol. The predicted octanol–water partition coefficient (Wildman–Crippen LogP) is 4.13. The lowest BCUT2D eigenvalue weighted by atomic mass is 9.94. The first kappa shape index (κ1) is 15.6. The van der Waals surface area contributed by atoms with Gasteiger partial charge in [0.2, 0.25) is 0 Å². The minimum atomic E-state index is -0.534. The Hall–Kier alpha value is -0.770. The van der Waals surface area contributed by atoms with Gasteiger partial charge >= 0.3 is 5.97 Å². The molecule has 0 aromatic heterocycles. The Morgan fingerprint density at radius 1 is 1.30 bits per heavy atom. The third-order valence-electron chi connectivity index (χ3n) is 3.72. The van der Waals surface area contributed by atoms with E-state index < -0.39 is 6.04 Å². The Morgan fingerprint density at radius 2 is 2.00 bits per heavy atom. The van der Waals surface area contributed by atoms with Crippen molar-refractivity contribution < 1.29 is 9.53 Å². The Morgan fingerprint density at radius 3 is 2.60 bits per heavy atom. The third-order valence-corrected chi connectivity index (χ3v) is 4.28. The molecule has 0 aliphatic heterocycles. The molecule has 2 rings (SSSR count). The molecular weight excluding hydrogens is 297 g/mol. The summed E-state index contributed by atoms with van der Waals surface area (Å²) in [7, 11) is 1.39. The van der Waals surface area contributed by atoms with Gasteiger partial charge in [0, 0.05) is 16.1 Å². The summed E-state index contributed by atoms with van der Waals surface area (Å²) < 4.78 is 4.90. The van der Waals surface area contributed by atoms with E-state index in [2.05, 4.69) is 5.32 Å². The van der Waals surface area contributed by atoms with Crippen LogP contribution >= 0.6 is 23.2 Å². The first-order valence-electron chi connectivity index (χ1n) is 6.90. The van der Waals surface area contributed by atoms with Crippen LogP contribution in [0.5, 0.6) is 0 Å². The van der Waals surface area contributed by atoms with Gasteiger partial charge in [-0.2, -0.15) is 0 Å². The van der Waals surface area contributed by atoms with Crippen molar-refractivity contribution in [1.82, 2.24) is 5.32 Å². The average molecular weight is 316 g/mol. The van der Waals surface area contributed by atoms with Crippen molar-refractivity contribution in [2.24, 2.45) is 0 Å². The van der Waals surface area contributed by atoms with Crippen LogP contribution in [0, 0.1) is 0 Å². The van der Waals surface area contributed by atoms with E-state index in [0.29, 0.717) is 21.7 Å². The largest absolute Gasteiger partial charge is 0.468 e. The second kappa shape index (κ2) is 7.30. The molecule has 1 aliphatic rings. The molecule has 0 amide bonds. The summed E-state index contributed by atoms with van der Waals surface area (Å²) in [6, 6.07) is 4.97. The second-order valence-corrected chi connectivity index (χ2v) is 5.97. The van der Waals surface area contributed by atoms with Crippen molar-refractivity contribution in [1.29, 1.82) is 0 Å². The molecule has 0 radical (unpaired) electrons. The van der Waals surface area contributed by atoms with Crippen molar-refractivity contribution in [3.63, 3.8) is 0 Å². The van der Waals surface area contributed by atoms with E-state index in [9.17, 15) is 4.79 Å². The molecule has 0 saturated heterocycles. The lowest BCUT2D eigenvalue weighted by Crippen LogP contribution is -2.38. The molecule has 1 unspecified atom stereocenters. The number of rotatable bonds is 4. The highest BCUT2D eigenvalue weighted by atomic mass is 35.5. The maximum atomic E-state index is 12.0. The normalized spacial score (nSPS) is 17.8. The smallest absolute Gasteiger partial charge is 0.327 e. The van der Waals surface area contributed by atoms with Crippen molar-refractivity contribution in [2.75, 3.05) is 7.11 Å². The molecule has 5 heteroatoms. The number of hydrogen-bond donors (Lipinski definition) is 1. The number of benzene rings is 1. The van der Waals surface area contributed by atoms with E-state index in [1.807, 2.05) is 0 Å². The molecule has 0 spiro atoms. The van der Waals surface area contributed by atoms with Crippen molar-refractivity contribution >= 4 is 29.2 Å². The highest BCUT2D eigenvalue weighted by molar-refractivity contribution is 6.35. The lowest BCUT2D eigenvalue weighted by molar-refractivity contribution is -0.143. The Balaban J connectivity index is 2.20. The Bertz CT molecular complexity index is 473. The van der Waals surface area contributed by atoms with E-state index in [1.165, 1.54) is 26.4 Å². The number of hydrogen-bond acceptors (Lipinski definition) is 3. The van der Waals surface area contributed by atoms with Gasteiger partial charge in [0.15, 0.2) is 0 Å². The molecule has 3 nitrogen and oxygen atoms in total. The zero-order chi connectivity index (χ0) is 14.5. The first-order chi connectivity index (χ1) is 9.61. The third kappa shape index (κ3) is 3.87. The van der Waals surface area contributed by atoms with E-state index in [-0.39, 0.29) is 5.97 Å². The molecule has 1 fully saturated rings. The highest BCUT2D eigenvalue weighted by Gasteiger charge is 2.27. The van der Waals surface area contributed by atoms with E-state index in [4.69, 9.17) is 27.9 Å². The Kier molecular flexibility index (Phi) is 5.70. The van der Waals surface area contributed by atoms with Crippen LogP contribution in [0.15, 0.2) is 18.2 Å². The van der Waals surface area contributed by atoms with Gasteiger partial charge in [-0.25, -0.2) is 4.79 Å². The fraction of sp³-hybridized carbons (Fsp3) is 0.533. The van der Waals surface area contributed by atoms with Crippen LogP contribution in [0.3, 0.4) is 0 Å². The minimum Gasteiger partial charge on any atom is -0.468 e. The van der Waals surface area contributed by atoms with Crippen LogP contribution in [0.2, 0.25) is 10.0 Å². The average Bonchev–Trinajstić information content (AvgIpc) is 2.46. The summed E-state index contributed by atoms with van der Waals surface area (Å²) in [4.78, 5) is 12.0. The zero-order valence-corrected chi connectivity index (χ0v) is 13.0. The van der Waals surface area contributed by atoms with Gasteiger partial charge < -0.3 is 4.74 Å². The summed E-state index contributed by atoms with van der Waals surface area (Å²) in [6.07, 6.45) is 5.82. The van der Waals surface area contributed by atoms with Crippen LogP contribution in [-0.4, -0.2) is 19.1 Å². The molecule has 1 saturated carbocycles. The number of methoxy groups -OCH3 is 1. The molecule has 1 atom stereocenters. The van der Waals surface area contributed by atoms with Crippen molar-refractivity contribution in [3.05, 3.63) is 33.8 Å². The van der Waals surface area contributed by atoms with Crippen molar-refractivity contribution in [2.45, 2.75) is 44.2 Å². The van der Waals surface area contributed by atoms with Crippen LogP contribution in [0.25, 0.3) is 0 Å². The summed E-state index contributed by atoms with van der Waals surface area (Å²) in [5.41, 5.74) is 0.716. The highest BCUT2D eigenvalue weighted by Crippen LogP contribution is 2.29. The summed E-state index contributed by atoms with van der Waals surface area (Å²) in [6.45, 7) is 0. The van der Waals surface area contributed by atoms with E-state index >= 15 is 0 Å². The SMILES string of the molecule is COC(=O)C(NC1CCCCC1)c1ccc(Cl)cc1Cl. The molecule has 20 heavy (non-hydrogen) atoms. The zero-order valence-electron chi connectivity index (χ0n) is 11.5. The van der Waals surface area contributed by atoms with Gasteiger partial charge in [0.25, 0.3) is 0 Å². The molecular formula is C15H19Cl2NO2. The maximum absolute atomic E-state index is 12.0. The van der Waals surface area contributed by atoms with Crippen LogP contribution in [0.1, 0.15) is 43.7 Å². The fourth-order valence-corrected chi connectivity index (χ4v) is 3.16. The quantitative estimate of drug-likeness (QED) is 0.849. The number of halogens is 2. The fourth-order valence-electron chi connectivity index (χ4n) is 2.64. The van der Waals surface area contributed by atoms with Gasteiger partial charge in [-0.1, -0.05) is 48.5 Å². The summed E-state index contributed by atoms with van der Waals surface area (Å²) in [5.74, 6) is -0.320. The van der Waals surface area contributed by atoms with Crippen LogP contribution in [-0.2, 0) is 9.53 Å². The molecule has 0 heterocycles. The Labute approximate surface area is 129 Å². The topological polar surface area (TPSA) is 38.3 Å². The van der Waals surface area contributed by atoms with Gasteiger partial charge in [-0.3, -0.25) is 5.32 Å². The second-order valence-electron chi connectivity index (χ2n) is 5.12. The number of carbonyl (C=O) groups excluding carboxylic acids is 1.